The molecular formula is C33H36N6O2. The Morgan fingerprint density at radius 2 is 1.98 bits per heavy atom. The van der Waals surface area contributed by atoms with Gasteiger partial charge in [-0.25, -0.2) is 0 Å². The van der Waals surface area contributed by atoms with Crippen molar-refractivity contribution >= 4 is 33.8 Å². The van der Waals surface area contributed by atoms with E-state index in [9.17, 15) is 4.79 Å². The average molecular weight is 549 g/mol. The number of aromatic amines is 1. The molecule has 1 aliphatic rings. The van der Waals surface area contributed by atoms with Crippen LogP contribution in [0.25, 0.3) is 32.9 Å². The quantitative estimate of drug-likeness (QED) is 0.162. The van der Waals surface area contributed by atoms with Crippen molar-refractivity contribution < 1.29 is 9.53 Å². The molecule has 2 aromatic heterocycles. The first kappa shape index (κ1) is 26.7. The second-order valence-corrected chi connectivity index (χ2v) is 10.5. The molecular weight excluding hydrogens is 512 g/mol. The number of hydrogen-bond donors (Lipinski definition) is 4. The van der Waals surface area contributed by atoms with Crippen molar-refractivity contribution in [2.24, 2.45) is 0 Å². The Balaban J connectivity index is 1.37. The van der Waals surface area contributed by atoms with Gasteiger partial charge in [0.05, 0.1) is 11.7 Å². The number of aromatic nitrogens is 3. The van der Waals surface area contributed by atoms with Crippen LogP contribution in [0, 0.1) is 0 Å². The smallest absolute Gasteiger partial charge is 0.151 e. The fourth-order valence-electron chi connectivity index (χ4n) is 6.19. The van der Waals surface area contributed by atoms with Crippen molar-refractivity contribution in [3.8, 4) is 16.9 Å². The Morgan fingerprint density at radius 3 is 2.71 bits per heavy atom. The van der Waals surface area contributed by atoms with Gasteiger partial charge in [0, 0.05) is 76.7 Å². The fourth-order valence-corrected chi connectivity index (χ4v) is 6.19. The van der Waals surface area contributed by atoms with Gasteiger partial charge in [-0.1, -0.05) is 18.7 Å². The monoisotopic (exact) mass is 548 g/mol. The summed E-state index contributed by atoms with van der Waals surface area (Å²) in [5.41, 5.74) is 11.5. The molecule has 0 radical (unpaired) electrons. The molecule has 0 unspecified atom stereocenters. The predicted molar refractivity (Wildman–Crippen MR) is 166 cm³/mol. The van der Waals surface area contributed by atoms with Crippen LogP contribution in [0.3, 0.4) is 0 Å². The van der Waals surface area contributed by atoms with Gasteiger partial charge in [0.1, 0.15) is 12.4 Å². The van der Waals surface area contributed by atoms with E-state index in [2.05, 4.69) is 80.6 Å². The number of carbonyl (C=O) groups excluding carboxylic acids is 1. The van der Waals surface area contributed by atoms with Crippen molar-refractivity contribution in [2.75, 3.05) is 26.0 Å². The van der Waals surface area contributed by atoms with E-state index in [0.29, 0.717) is 19.7 Å². The minimum absolute atomic E-state index is 0.355. The molecule has 6 rings (SSSR count). The number of nitrogens with zero attached hydrogens (tertiary/aromatic N) is 2. The summed E-state index contributed by atoms with van der Waals surface area (Å²) in [7, 11) is 3.83. The minimum atomic E-state index is 0.355. The van der Waals surface area contributed by atoms with Crippen molar-refractivity contribution in [3.05, 3.63) is 88.9 Å². The summed E-state index contributed by atoms with van der Waals surface area (Å²) in [6.45, 7) is 8.77. The van der Waals surface area contributed by atoms with Gasteiger partial charge in [-0.2, -0.15) is 5.10 Å². The van der Waals surface area contributed by atoms with E-state index >= 15 is 0 Å². The van der Waals surface area contributed by atoms with Crippen LogP contribution in [0.4, 0.5) is 5.69 Å². The third-order valence-electron chi connectivity index (χ3n) is 8.12. The molecule has 41 heavy (non-hydrogen) atoms. The molecule has 2 heterocycles. The van der Waals surface area contributed by atoms with Crippen LogP contribution in [0.1, 0.15) is 39.7 Å². The van der Waals surface area contributed by atoms with Gasteiger partial charge in [0.15, 0.2) is 6.29 Å². The number of aldehydes is 1. The topological polar surface area (TPSA) is 96.0 Å². The summed E-state index contributed by atoms with van der Waals surface area (Å²) in [4.78, 5) is 12.7. The average Bonchev–Trinajstić information content (AvgIpc) is 3.62. The first-order valence-electron chi connectivity index (χ1n) is 14.1. The Morgan fingerprint density at radius 1 is 1.15 bits per heavy atom. The number of H-pyrrole nitrogens is 1. The van der Waals surface area contributed by atoms with Gasteiger partial charge in [-0.15, -0.1) is 0 Å². The van der Waals surface area contributed by atoms with Crippen LogP contribution >= 0.6 is 0 Å². The summed E-state index contributed by atoms with van der Waals surface area (Å²) >= 11 is 0. The lowest BCUT2D eigenvalue weighted by molar-refractivity contribution is 0.112. The Hall–Kier alpha value is -4.56. The van der Waals surface area contributed by atoms with E-state index in [1.54, 1.807) is 0 Å². The molecule has 1 aliphatic carbocycles. The summed E-state index contributed by atoms with van der Waals surface area (Å²) in [5.74, 6) is 0.770. The Labute approximate surface area is 239 Å². The van der Waals surface area contributed by atoms with E-state index < -0.39 is 0 Å². The van der Waals surface area contributed by atoms with Crippen molar-refractivity contribution in [1.82, 2.24) is 25.4 Å². The number of aryl methyl sites for hydroxylation is 3. The summed E-state index contributed by atoms with van der Waals surface area (Å²) in [6, 6.07) is 14.6. The molecule has 3 aromatic carbocycles. The molecule has 0 spiro atoms. The highest BCUT2D eigenvalue weighted by Crippen LogP contribution is 2.45. The van der Waals surface area contributed by atoms with Gasteiger partial charge in [-0.05, 0) is 73.8 Å². The van der Waals surface area contributed by atoms with Gasteiger partial charge in [0.2, 0.25) is 0 Å². The van der Waals surface area contributed by atoms with Crippen molar-refractivity contribution in [3.63, 3.8) is 0 Å². The molecule has 0 bridgehead atoms. The molecule has 0 aliphatic heterocycles. The summed E-state index contributed by atoms with van der Waals surface area (Å²) in [6.07, 6.45) is 4.60. The lowest BCUT2D eigenvalue weighted by Gasteiger charge is -2.23. The second kappa shape index (κ2) is 11.1. The lowest BCUT2D eigenvalue weighted by atomic mass is 9.82. The zero-order valence-corrected chi connectivity index (χ0v) is 23.9. The number of anilines is 1. The van der Waals surface area contributed by atoms with Crippen molar-refractivity contribution in [2.45, 2.75) is 39.4 Å². The second-order valence-electron chi connectivity index (χ2n) is 10.5. The molecule has 0 saturated carbocycles. The molecule has 5 aromatic rings. The maximum Gasteiger partial charge on any atom is 0.151 e. The number of rotatable bonds is 11. The number of hydrogen-bond acceptors (Lipinski definition) is 6. The van der Waals surface area contributed by atoms with Gasteiger partial charge in [-0.3, -0.25) is 9.89 Å². The van der Waals surface area contributed by atoms with Gasteiger partial charge < -0.3 is 25.3 Å². The van der Waals surface area contributed by atoms with E-state index in [1.807, 2.05) is 26.4 Å². The molecule has 8 heteroatoms. The van der Waals surface area contributed by atoms with Crippen LogP contribution in [0.2, 0.25) is 0 Å². The highest BCUT2D eigenvalue weighted by Gasteiger charge is 2.29. The number of fused-ring (bicyclic) bond motifs is 7. The standard InChI is InChI=1S/C33H36N6O2/c1-5-39-30-13-10-23(41-19-20(2)36-15-21-6-8-22(35-4)9-7-21)14-25(30)32-26(16-34-3)28(18-40)31-24(33(32)39)11-12-29-27(31)17-37-38-29/h6-10,13-14,17-18,34-36H,2,5,11-12,15-16,19H2,1,3-4H3,(H,37,38). The molecule has 0 amide bonds. The number of carbonyl (C=O) groups is 1. The summed E-state index contributed by atoms with van der Waals surface area (Å²) in [5, 5.41) is 19.5. The first-order valence-corrected chi connectivity index (χ1v) is 14.1. The van der Waals surface area contributed by atoms with Crippen LogP contribution in [0.15, 0.2) is 60.9 Å². The Bertz CT molecular complexity index is 1760. The summed E-state index contributed by atoms with van der Waals surface area (Å²) < 4.78 is 8.60. The third-order valence-corrected chi connectivity index (χ3v) is 8.12. The lowest BCUT2D eigenvalue weighted by Crippen LogP contribution is -2.17. The van der Waals surface area contributed by atoms with Crippen LogP contribution in [-0.2, 0) is 32.5 Å². The normalized spacial score (nSPS) is 12.3. The van der Waals surface area contributed by atoms with E-state index in [0.717, 1.165) is 87.0 Å². The SMILES string of the molecule is C=C(COc1ccc2c(c1)c1c(CNC)c(C=O)c3c(c1n2CC)CCc1[nH]ncc1-3)NCc1ccc(NC)cc1. The maximum atomic E-state index is 12.7. The van der Waals surface area contributed by atoms with E-state index in [-0.39, 0.29) is 0 Å². The van der Waals surface area contributed by atoms with Crippen LogP contribution in [0.5, 0.6) is 5.75 Å². The van der Waals surface area contributed by atoms with E-state index in [4.69, 9.17) is 4.74 Å². The zero-order valence-electron chi connectivity index (χ0n) is 23.9. The Kier molecular flexibility index (Phi) is 7.24. The molecule has 0 atom stereocenters. The number of ether oxygens (including phenoxy) is 1. The fraction of sp³-hybridized carbons (Fsp3) is 0.273. The van der Waals surface area contributed by atoms with Crippen molar-refractivity contribution in [1.29, 1.82) is 0 Å². The zero-order chi connectivity index (χ0) is 28.5. The van der Waals surface area contributed by atoms with Gasteiger partial charge in [0.25, 0.3) is 0 Å². The van der Waals surface area contributed by atoms with E-state index in [1.165, 1.54) is 16.6 Å². The molecule has 0 fully saturated rings. The predicted octanol–water partition coefficient (Wildman–Crippen LogP) is 5.56. The largest absolute Gasteiger partial charge is 0.487 e. The number of benzene rings is 3. The molecule has 4 N–H and O–H groups in total. The van der Waals surface area contributed by atoms with Crippen LogP contribution < -0.4 is 20.7 Å². The highest BCUT2D eigenvalue weighted by molar-refractivity contribution is 6.16. The molecule has 0 saturated heterocycles. The maximum absolute atomic E-state index is 12.7. The highest BCUT2D eigenvalue weighted by atomic mass is 16.5. The number of nitrogens with one attached hydrogen (secondary N) is 4. The minimum Gasteiger partial charge on any atom is -0.487 e. The van der Waals surface area contributed by atoms with Crippen LogP contribution in [-0.4, -0.2) is 41.8 Å². The molecule has 8 nitrogen and oxygen atoms in total. The third kappa shape index (κ3) is 4.64. The molecule has 210 valence electrons. The van der Waals surface area contributed by atoms with Gasteiger partial charge >= 0.3 is 0 Å². The first-order chi connectivity index (χ1) is 20.1.